The molecule has 1 aliphatic heterocycles. The van der Waals surface area contributed by atoms with Crippen molar-refractivity contribution in [3.05, 3.63) is 36.7 Å². The first kappa shape index (κ1) is 13.5. The summed E-state index contributed by atoms with van der Waals surface area (Å²) in [6, 6.07) is 7.61. The normalized spacial score (nSPS) is 15.1. The lowest BCUT2D eigenvalue weighted by molar-refractivity contribution is -0.129. The molecule has 1 amide bonds. The summed E-state index contributed by atoms with van der Waals surface area (Å²) >= 11 is 0. The molecule has 1 saturated heterocycles. The van der Waals surface area contributed by atoms with Crippen LogP contribution in [-0.2, 0) is 4.79 Å². The van der Waals surface area contributed by atoms with E-state index in [1.54, 1.807) is 19.3 Å². The fourth-order valence-electron chi connectivity index (χ4n) is 2.38. The molecule has 0 aromatic carbocycles. The molecular weight excluding hydrogens is 266 g/mol. The molecule has 0 aliphatic carbocycles. The van der Waals surface area contributed by atoms with Crippen LogP contribution in [0.15, 0.2) is 36.7 Å². The SMILES string of the molecule is CC(=O)N1CCN(c2nccc(-c3ccccn3)n2)CC1. The van der Waals surface area contributed by atoms with Gasteiger partial charge < -0.3 is 9.80 Å². The van der Waals surface area contributed by atoms with Crippen molar-refractivity contribution in [2.24, 2.45) is 0 Å². The highest BCUT2D eigenvalue weighted by Crippen LogP contribution is 2.17. The Morgan fingerprint density at radius 3 is 2.48 bits per heavy atom. The average molecular weight is 283 g/mol. The highest BCUT2D eigenvalue weighted by molar-refractivity contribution is 5.73. The summed E-state index contributed by atoms with van der Waals surface area (Å²) < 4.78 is 0. The highest BCUT2D eigenvalue weighted by atomic mass is 16.2. The Morgan fingerprint density at radius 2 is 1.81 bits per heavy atom. The standard InChI is InChI=1S/C15H17N5O/c1-12(21)19-8-10-20(11-9-19)15-17-7-5-14(18-15)13-4-2-3-6-16-13/h2-7H,8-11H2,1H3. The van der Waals surface area contributed by atoms with Gasteiger partial charge in [0, 0.05) is 45.5 Å². The predicted octanol–water partition coefficient (Wildman–Crippen LogP) is 1.21. The van der Waals surface area contributed by atoms with Crippen LogP contribution in [0.2, 0.25) is 0 Å². The molecule has 0 radical (unpaired) electrons. The van der Waals surface area contributed by atoms with E-state index in [2.05, 4.69) is 19.9 Å². The molecule has 0 spiro atoms. The molecule has 6 nitrogen and oxygen atoms in total. The molecule has 21 heavy (non-hydrogen) atoms. The van der Waals surface area contributed by atoms with Crippen molar-refractivity contribution in [2.45, 2.75) is 6.92 Å². The molecule has 2 aromatic heterocycles. The van der Waals surface area contributed by atoms with Gasteiger partial charge in [-0.15, -0.1) is 0 Å². The molecular formula is C15H17N5O. The van der Waals surface area contributed by atoms with Crippen molar-refractivity contribution >= 4 is 11.9 Å². The van der Waals surface area contributed by atoms with Gasteiger partial charge in [-0.3, -0.25) is 9.78 Å². The highest BCUT2D eigenvalue weighted by Gasteiger charge is 2.20. The van der Waals surface area contributed by atoms with Crippen molar-refractivity contribution < 1.29 is 4.79 Å². The Balaban J connectivity index is 1.77. The summed E-state index contributed by atoms with van der Waals surface area (Å²) in [7, 11) is 0. The van der Waals surface area contributed by atoms with Crippen molar-refractivity contribution in [1.82, 2.24) is 19.9 Å². The van der Waals surface area contributed by atoms with Crippen molar-refractivity contribution in [1.29, 1.82) is 0 Å². The molecule has 0 N–H and O–H groups in total. The van der Waals surface area contributed by atoms with Crippen LogP contribution in [-0.4, -0.2) is 51.9 Å². The molecule has 2 aromatic rings. The number of hydrogen-bond donors (Lipinski definition) is 0. The van der Waals surface area contributed by atoms with Crippen LogP contribution >= 0.6 is 0 Å². The minimum atomic E-state index is 0.123. The monoisotopic (exact) mass is 283 g/mol. The fourth-order valence-corrected chi connectivity index (χ4v) is 2.38. The minimum Gasteiger partial charge on any atom is -0.339 e. The van der Waals surface area contributed by atoms with Gasteiger partial charge in [0.2, 0.25) is 11.9 Å². The Labute approximate surface area is 123 Å². The van der Waals surface area contributed by atoms with Crippen LogP contribution in [0.1, 0.15) is 6.92 Å². The lowest BCUT2D eigenvalue weighted by atomic mass is 10.2. The third-order valence-electron chi connectivity index (χ3n) is 3.58. The lowest BCUT2D eigenvalue weighted by Gasteiger charge is -2.34. The topological polar surface area (TPSA) is 62.2 Å². The van der Waals surface area contributed by atoms with Gasteiger partial charge in [-0.25, -0.2) is 9.97 Å². The molecule has 1 aliphatic rings. The lowest BCUT2D eigenvalue weighted by Crippen LogP contribution is -2.48. The predicted molar refractivity (Wildman–Crippen MR) is 79.7 cm³/mol. The van der Waals surface area contributed by atoms with E-state index in [-0.39, 0.29) is 5.91 Å². The quantitative estimate of drug-likeness (QED) is 0.829. The first-order valence-corrected chi connectivity index (χ1v) is 6.99. The number of hydrogen-bond acceptors (Lipinski definition) is 5. The van der Waals surface area contributed by atoms with Gasteiger partial charge in [0.05, 0.1) is 11.4 Å². The summed E-state index contributed by atoms with van der Waals surface area (Å²) in [6.07, 6.45) is 3.51. The fraction of sp³-hybridized carbons (Fsp3) is 0.333. The molecule has 0 saturated carbocycles. The van der Waals surface area contributed by atoms with Crippen LogP contribution in [0.4, 0.5) is 5.95 Å². The Kier molecular flexibility index (Phi) is 3.77. The maximum absolute atomic E-state index is 11.3. The van der Waals surface area contributed by atoms with E-state index < -0.39 is 0 Å². The largest absolute Gasteiger partial charge is 0.339 e. The second-order valence-corrected chi connectivity index (χ2v) is 4.95. The Bertz CT molecular complexity index is 623. The second-order valence-electron chi connectivity index (χ2n) is 4.95. The summed E-state index contributed by atoms with van der Waals surface area (Å²) in [5, 5.41) is 0. The number of anilines is 1. The molecule has 3 rings (SSSR count). The van der Waals surface area contributed by atoms with E-state index in [4.69, 9.17) is 0 Å². The second kappa shape index (κ2) is 5.87. The van der Waals surface area contributed by atoms with Gasteiger partial charge >= 0.3 is 0 Å². The third kappa shape index (κ3) is 2.99. The van der Waals surface area contributed by atoms with Gasteiger partial charge in [-0.05, 0) is 18.2 Å². The number of rotatable bonds is 2. The summed E-state index contributed by atoms with van der Waals surface area (Å²) in [4.78, 5) is 28.5. The average Bonchev–Trinajstić information content (AvgIpc) is 2.56. The van der Waals surface area contributed by atoms with Crippen LogP contribution in [0, 0.1) is 0 Å². The summed E-state index contributed by atoms with van der Waals surface area (Å²) in [5.41, 5.74) is 1.65. The molecule has 0 bridgehead atoms. The number of amides is 1. The van der Waals surface area contributed by atoms with E-state index >= 15 is 0 Å². The minimum absolute atomic E-state index is 0.123. The maximum atomic E-state index is 11.3. The molecule has 1 fully saturated rings. The first-order chi connectivity index (χ1) is 10.2. The van der Waals surface area contributed by atoms with Gasteiger partial charge in [0.15, 0.2) is 0 Å². The summed E-state index contributed by atoms with van der Waals surface area (Å²) in [6.45, 7) is 4.55. The zero-order chi connectivity index (χ0) is 14.7. The molecule has 0 atom stereocenters. The number of carbonyl (C=O) groups is 1. The van der Waals surface area contributed by atoms with Crippen LogP contribution in [0.3, 0.4) is 0 Å². The third-order valence-corrected chi connectivity index (χ3v) is 3.58. The van der Waals surface area contributed by atoms with E-state index in [9.17, 15) is 4.79 Å². The van der Waals surface area contributed by atoms with Crippen LogP contribution in [0.25, 0.3) is 11.4 Å². The van der Waals surface area contributed by atoms with Gasteiger partial charge in [0.25, 0.3) is 0 Å². The van der Waals surface area contributed by atoms with Gasteiger partial charge in [0.1, 0.15) is 0 Å². The van der Waals surface area contributed by atoms with Crippen molar-refractivity contribution in [3.8, 4) is 11.4 Å². The van der Waals surface area contributed by atoms with E-state index in [0.717, 1.165) is 24.5 Å². The van der Waals surface area contributed by atoms with Crippen LogP contribution < -0.4 is 4.90 Å². The molecule has 0 unspecified atom stereocenters. The van der Waals surface area contributed by atoms with Gasteiger partial charge in [-0.2, -0.15) is 0 Å². The zero-order valence-electron chi connectivity index (χ0n) is 11.9. The van der Waals surface area contributed by atoms with Crippen LogP contribution in [0.5, 0.6) is 0 Å². The summed E-state index contributed by atoms with van der Waals surface area (Å²) in [5.74, 6) is 0.819. The number of piperazine rings is 1. The van der Waals surface area contributed by atoms with E-state index in [0.29, 0.717) is 19.0 Å². The first-order valence-electron chi connectivity index (χ1n) is 6.99. The van der Waals surface area contributed by atoms with E-state index in [1.165, 1.54) is 0 Å². The maximum Gasteiger partial charge on any atom is 0.226 e. The molecule has 108 valence electrons. The number of aromatic nitrogens is 3. The Morgan fingerprint density at radius 1 is 1.00 bits per heavy atom. The molecule has 3 heterocycles. The van der Waals surface area contributed by atoms with Crippen molar-refractivity contribution in [3.63, 3.8) is 0 Å². The number of carbonyl (C=O) groups excluding carboxylic acids is 1. The number of pyridine rings is 1. The smallest absolute Gasteiger partial charge is 0.226 e. The van der Waals surface area contributed by atoms with Crippen molar-refractivity contribution in [2.75, 3.05) is 31.1 Å². The zero-order valence-corrected chi connectivity index (χ0v) is 11.9. The van der Waals surface area contributed by atoms with Gasteiger partial charge in [-0.1, -0.05) is 6.07 Å². The Hall–Kier alpha value is -2.50. The number of nitrogens with zero attached hydrogens (tertiary/aromatic N) is 5. The molecule has 6 heteroatoms. The van der Waals surface area contributed by atoms with E-state index in [1.807, 2.05) is 29.2 Å².